The van der Waals surface area contributed by atoms with Crippen LogP contribution in [0.2, 0.25) is 0 Å². The van der Waals surface area contributed by atoms with Gasteiger partial charge in [0.1, 0.15) is 0 Å². The summed E-state index contributed by atoms with van der Waals surface area (Å²) in [5.74, 6) is 1.83. The molecule has 0 aliphatic carbocycles. The van der Waals surface area contributed by atoms with Crippen molar-refractivity contribution in [1.29, 1.82) is 0 Å². The third-order valence-electron chi connectivity index (χ3n) is 5.47. The van der Waals surface area contributed by atoms with E-state index in [-0.39, 0.29) is 35.8 Å². The molecule has 0 unspecified atom stereocenters. The van der Waals surface area contributed by atoms with E-state index in [0.717, 1.165) is 51.5 Å². The van der Waals surface area contributed by atoms with Crippen LogP contribution in [0, 0.1) is 0 Å². The lowest BCUT2D eigenvalue weighted by Gasteiger charge is -2.34. The molecule has 2 fully saturated rings. The summed E-state index contributed by atoms with van der Waals surface area (Å²) in [6.07, 6.45) is 6.39. The van der Waals surface area contributed by atoms with Crippen molar-refractivity contribution in [1.82, 2.24) is 30.4 Å². The van der Waals surface area contributed by atoms with Crippen LogP contribution in [-0.4, -0.2) is 96.4 Å². The monoisotopic (exact) mass is 558 g/mol. The molecule has 3 heterocycles. The van der Waals surface area contributed by atoms with Gasteiger partial charge in [0.15, 0.2) is 5.96 Å². The standard InChI is InChI=1S/C21H34N8O2.HI/c1-2-22-20(23-10-5-13-27-12-3-6-18(27)30)24-11-7-19(31)28-14-16-29(17-15-28)21-25-8-4-9-26-21;/h4,8-9H,2-3,5-7,10-17H2,1H3,(H2,22,23,24);1H. The number of aliphatic imine (C=N–C) groups is 1. The maximum atomic E-state index is 12.6. The summed E-state index contributed by atoms with van der Waals surface area (Å²) in [5.41, 5.74) is 0. The molecule has 10 nitrogen and oxygen atoms in total. The molecule has 2 N–H and O–H groups in total. The maximum absolute atomic E-state index is 12.6. The molecule has 0 radical (unpaired) electrons. The molecule has 2 amide bonds. The van der Waals surface area contributed by atoms with E-state index >= 15 is 0 Å². The van der Waals surface area contributed by atoms with E-state index in [1.807, 2.05) is 16.7 Å². The van der Waals surface area contributed by atoms with Gasteiger partial charge in [0.2, 0.25) is 17.8 Å². The van der Waals surface area contributed by atoms with Gasteiger partial charge in [0.05, 0.1) is 0 Å². The zero-order valence-corrected chi connectivity index (χ0v) is 21.2. The zero-order valence-electron chi connectivity index (χ0n) is 18.8. The van der Waals surface area contributed by atoms with E-state index in [1.165, 1.54) is 0 Å². The first-order chi connectivity index (χ1) is 15.2. The number of halogens is 1. The fraction of sp³-hybridized carbons (Fsp3) is 0.667. The second kappa shape index (κ2) is 14.1. The number of carbonyl (C=O) groups is 2. The molecular weight excluding hydrogens is 523 g/mol. The Morgan fingerprint density at radius 2 is 1.88 bits per heavy atom. The summed E-state index contributed by atoms with van der Waals surface area (Å²) in [6, 6.07) is 1.80. The Bertz CT molecular complexity index is 741. The molecule has 3 rings (SSSR count). The Morgan fingerprint density at radius 1 is 1.12 bits per heavy atom. The average molecular weight is 558 g/mol. The lowest BCUT2D eigenvalue weighted by molar-refractivity contribution is -0.131. The van der Waals surface area contributed by atoms with Crippen LogP contribution < -0.4 is 15.5 Å². The summed E-state index contributed by atoms with van der Waals surface area (Å²) < 4.78 is 0. The van der Waals surface area contributed by atoms with Crippen molar-refractivity contribution in [2.24, 2.45) is 4.99 Å². The molecule has 178 valence electrons. The van der Waals surface area contributed by atoms with Gasteiger partial charge >= 0.3 is 0 Å². The van der Waals surface area contributed by atoms with Crippen LogP contribution in [-0.2, 0) is 9.59 Å². The number of aromatic nitrogens is 2. The number of likely N-dealkylation sites (tertiary alicyclic amines) is 1. The van der Waals surface area contributed by atoms with Gasteiger partial charge in [-0.05, 0) is 25.8 Å². The molecule has 0 spiro atoms. The van der Waals surface area contributed by atoms with Crippen molar-refractivity contribution >= 4 is 47.7 Å². The van der Waals surface area contributed by atoms with Gasteiger partial charge in [-0.2, -0.15) is 0 Å². The molecule has 11 heteroatoms. The van der Waals surface area contributed by atoms with Crippen LogP contribution in [0.25, 0.3) is 0 Å². The topological polar surface area (TPSA) is 106 Å². The van der Waals surface area contributed by atoms with Crippen molar-refractivity contribution < 1.29 is 9.59 Å². The minimum absolute atomic E-state index is 0. The average Bonchev–Trinajstić information content (AvgIpc) is 3.22. The van der Waals surface area contributed by atoms with E-state index in [2.05, 4.69) is 30.5 Å². The second-order valence-corrected chi connectivity index (χ2v) is 7.69. The van der Waals surface area contributed by atoms with E-state index in [1.54, 1.807) is 18.5 Å². The van der Waals surface area contributed by atoms with Crippen LogP contribution in [0.4, 0.5) is 5.95 Å². The molecule has 0 bridgehead atoms. The van der Waals surface area contributed by atoms with Gasteiger partial charge in [-0.15, -0.1) is 24.0 Å². The minimum atomic E-state index is 0. The predicted molar refractivity (Wildman–Crippen MR) is 135 cm³/mol. The third-order valence-corrected chi connectivity index (χ3v) is 5.47. The van der Waals surface area contributed by atoms with Crippen LogP contribution in [0.1, 0.15) is 32.6 Å². The lowest BCUT2D eigenvalue weighted by Crippen LogP contribution is -2.50. The quantitative estimate of drug-likeness (QED) is 0.199. The molecule has 0 saturated carbocycles. The Balaban J connectivity index is 0.00000363. The van der Waals surface area contributed by atoms with Crippen LogP contribution in [0.3, 0.4) is 0 Å². The first-order valence-corrected chi connectivity index (χ1v) is 11.3. The number of amides is 2. The van der Waals surface area contributed by atoms with Crippen LogP contribution >= 0.6 is 24.0 Å². The molecule has 2 aliphatic rings. The molecule has 32 heavy (non-hydrogen) atoms. The van der Waals surface area contributed by atoms with Gasteiger partial charge < -0.3 is 25.3 Å². The van der Waals surface area contributed by atoms with Crippen LogP contribution in [0.5, 0.6) is 0 Å². The summed E-state index contributed by atoms with van der Waals surface area (Å²) in [4.78, 5) is 43.2. The van der Waals surface area contributed by atoms with E-state index in [4.69, 9.17) is 0 Å². The first kappa shape index (κ1) is 26.1. The van der Waals surface area contributed by atoms with Crippen molar-refractivity contribution in [2.45, 2.75) is 32.6 Å². The summed E-state index contributed by atoms with van der Waals surface area (Å²) in [5, 5.41) is 6.45. The number of piperazine rings is 1. The van der Waals surface area contributed by atoms with Crippen LogP contribution in [0.15, 0.2) is 23.5 Å². The number of nitrogens with zero attached hydrogens (tertiary/aromatic N) is 6. The van der Waals surface area contributed by atoms with E-state index < -0.39 is 0 Å². The van der Waals surface area contributed by atoms with Gasteiger partial charge in [-0.3, -0.25) is 14.6 Å². The number of guanidine groups is 1. The van der Waals surface area contributed by atoms with Crippen molar-refractivity contribution in [3.8, 4) is 0 Å². The highest BCUT2D eigenvalue weighted by molar-refractivity contribution is 14.0. The second-order valence-electron chi connectivity index (χ2n) is 7.69. The van der Waals surface area contributed by atoms with Crippen molar-refractivity contribution in [3.05, 3.63) is 18.5 Å². The zero-order chi connectivity index (χ0) is 21.9. The molecule has 0 atom stereocenters. The number of carbonyl (C=O) groups excluding carboxylic acids is 2. The van der Waals surface area contributed by atoms with Gasteiger partial charge in [-0.25, -0.2) is 9.97 Å². The summed E-state index contributed by atoms with van der Waals surface area (Å²) in [6.45, 7) is 8.44. The Hall–Kier alpha value is -2.18. The molecule has 1 aromatic heterocycles. The smallest absolute Gasteiger partial charge is 0.225 e. The van der Waals surface area contributed by atoms with Gasteiger partial charge in [-0.1, -0.05) is 0 Å². The SMILES string of the molecule is CCNC(=NCCCN1CCCC1=O)NCCC(=O)N1CCN(c2ncccn2)CC1.I. The van der Waals surface area contributed by atoms with Gasteiger partial charge in [0.25, 0.3) is 0 Å². The van der Waals surface area contributed by atoms with Crippen molar-refractivity contribution in [3.63, 3.8) is 0 Å². The normalized spacial score (nSPS) is 16.7. The minimum Gasteiger partial charge on any atom is -0.357 e. The van der Waals surface area contributed by atoms with E-state index in [9.17, 15) is 9.59 Å². The number of hydrogen-bond donors (Lipinski definition) is 2. The van der Waals surface area contributed by atoms with Crippen molar-refractivity contribution in [2.75, 3.05) is 63.8 Å². The fourth-order valence-corrected chi connectivity index (χ4v) is 3.79. The molecular formula is C21H35IN8O2. The third kappa shape index (κ3) is 8.06. The Labute approximate surface area is 207 Å². The molecule has 2 aliphatic heterocycles. The molecule has 2 saturated heterocycles. The maximum Gasteiger partial charge on any atom is 0.225 e. The summed E-state index contributed by atoms with van der Waals surface area (Å²) in [7, 11) is 0. The summed E-state index contributed by atoms with van der Waals surface area (Å²) >= 11 is 0. The Morgan fingerprint density at radius 3 is 2.53 bits per heavy atom. The van der Waals surface area contributed by atoms with E-state index in [0.29, 0.717) is 45.0 Å². The Kier molecular flexibility index (Phi) is 11.5. The highest BCUT2D eigenvalue weighted by Gasteiger charge is 2.22. The highest BCUT2D eigenvalue weighted by atomic mass is 127. The highest BCUT2D eigenvalue weighted by Crippen LogP contribution is 2.11. The number of rotatable bonds is 9. The largest absolute Gasteiger partial charge is 0.357 e. The number of hydrogen-bond acceptors (Lipinski definition) is 6. The number of nitrogens with one attached hydrogen (secondary N) is 2. The molecule has 1 aromatic rings. The number of anilines is 1. The predicted octanol–water partition coefficient (Wildman–Crippen LogP) is 0.701. The first-order valence-electron chi connectivity index (χ1n) is 11.3. The fourth-order valence-electron chi connectivity index (χ4n) is 3.79. The molecule has 0 aromatic carbocycles. The lowest BCUT2D eigenvalue weighted by atomic mass is 10.3. The van der Waals surface area contributed by atoms with Gasteiger partial charge in [0, 0.05) is 84.1 Å².